The van der Waals surface area contributed by atoms with Crippen molar-refractivity contribution >= 4 is 29.1 Å². The van der Waals surface area contributed by atoms with Crippen LogP contribution in [0.25, 0.3) is 6.08 Å². The standard InChI is InChI=1S/C17H13ClN3O.H2O/c1-11-10-12-4-2-3-5-15(12)21-16(11)17(22)20(19-21)14-8-6-13(18)7-9-14;/h2-10,22H,1H3;1H2. The molecule has 0 unspecified atom stereocenters. The second-order valence-electron chi connectivity index (χ2n) is 5.25. The SMILES string of the molecule is CC1=Cc2ccccc2N2[N]N(c3ccc(Cl)cc3)C(O)=C12.O. The lowest BCUT2D eigenvalue weighted by atomic mass is 10.0. The molecular weight excluding hydrogens is 314 g/mol. The Morgan fingerprint density at radius 2 is 1.70 bits per heavy atom. The summed E-state index contributed by atoms with van der Waals surface area (Å²) < 4.78 is 0. The zero-order valence-electron chi connectivity index (χ0n) is 12.4. The van der Waals surface area contributed by atoms with Crippen LogP contribution in [0.15, 0.2) is 65.7 Å². The number of nitrogens with zero attached hydrogens (tertiary/aromatic N) is 3. The Balaban J connectivity index is 0.00000156. The smallest absolute Gasteiger partial charge is 0.235 e. The van der Waals surface area contributed by atoms with Crippen molar-refractivity contribution in [1.82, 2.24) is 5.53 Å². The van der Waals surface area contributed by atoms with Crippen molar-refractivity contribution in [3.63, 3.8) is 0 Å². The molecule has 6 heteroatoms. The molecule has 2 aromatic carbocycles. The fraction of sp³-hybridized carbons (Fsp3) is 0.0588. The largest absolute Gasteiger partial charge is 0.492 e. The van der Waals surface area contributed by atoms with Gasteiger partial charge in [0, 0.05) is 10.6 Å². The Hall–Kier alpha value is -2.47. The summed E-state index contributed by atoms with van der Waals surface area (Å²) in [5.41, 5.74) is 9.00. The number of anilines is 2. The van der Waals surface area contributed by atoms with Crippen molar-refractivity contribution in [2.24, 2.45) is 0 Å². The Kier molecular flexibility index (Phi) is 3.77. The van der Waals surface area contributed by atoms with Gasteiger partial charge in [-0.05, 0) is 54.4 Å². The fourth-order valence-electron chi connectivity index (χ4n) is 2.74. The molecule has 0 saturated heterocycles. The van der Waals surface area contributed by atoms with Crippen molar-refractivity contribution in [2.75, 3.05) is 10.0 Å². The van der Waals surface area contributed by atoms with E-state index in [1.165, 1.54) is 5.01 Å². The van der Waals surface area contributed by atoms with Gasteiger partial charge in [0.15, 0.2) is 0 Å². The summed E-state index contributed by atoms with van der Waals surface area (Å²) in [5, 5.41) is 14.5. The van der Waals surface area contributed by atoms with Crippen LogP contribution in [0.3, 0.4) is 0 Å². The predicted molar refractivity (Wildman–Crippen MR) is 91.9 cm³/mol. The van der Waals surface area contributed by atoms with E-state index in [9.17, 15) is 5.11 Å². The maximum atomic E-state index is 10.6. The molecule has 0 aromatic heterocycles. The first kappa shape index (κ1) is 15.4. The number of allylic oxidation sites excluding steroid dienone is 1. The Labute approximate surface area is 139 Å². The molecule has 0 bridgehead atoms. The summed E-state index contributed by atoms with van der Waals surface area (Å²) in [6, 6.07) is 15.2. The molecule has 117 valence electrons. The summed E-state index contributed by atoms with van der Waals surface area (Å²) in [4.78, 5) is 0. The number of halogens is 1. The van der Waals surface area contributed by atoms with E-state index < -0.39 is 0 Å². The second-order valence-corrected chi connectivity index (χ2v) is 5.68. The van der Waals surface area contributed by atoms with E-state index in [0.29, 0.717) is 10.7 Å². The van der Waals surface area contributed by atoms with Gasteiger partial charge >= 0.3 is 0 Å². The van der Waals surface area contributed by atoms with Crippen molar-refractivity contribution in [3.05, 3.63) is 76.3 Å². The normalized spacial score (nSPS) is 15.8. The van der Waals surface area contributed by atoms with E-state index in [-0.39, 0.29) is 11.4 Å². The topological polar surface area (TPSA) is 72.3 Å². The van der Waals surface area contributed by atoms with Crippen LogP contribution < -0.4 is 15.6 Å². The molecule has 2 heterocycles. The van der Waals surface area contributed by atoms with Crippen LogP contribution in [0.1, 0.15) is 12.5 Å². The van der Waals surface area contributed by atoms with Crippen LogP contribution in [-0.2, 0) is 0 Å². The highest BCUT2D eigenvalue weighted by Gasteiger charge is 2.36. The minimum absolute atomic E-state index is 0. The molecule has 0 saturated carbocycles. The highest BCUT2D eigenvalue weighted by molar-refractivity contribution is 6.30. The van der Waals surface area contributed by atoms with Gasteiger partial charge in [0.25, 0.3) is 0 Å². The Bertz CT molecular complexity index is 815. The highest BCUT2D eigenvalue weighted by atomic mass is 35.5. The van der Waals surface area contributed by atoms with E-state index in [4.69, 9.17) is 11.6 Å². The molecule has 23 heavy (non-hydrogen) atoms. The summed E-state index contributed by atoms with van der Waals surface area (Å²) >= 11 is 5.92. The minimum Gasteiger partial charge on any atom is -0.492 e. The number of hydrogen-bond donors (Lipinski definition) is 1. The number of para-hydroxylation sites is 1. The molecule has 2 aliphatic rings. The summed E-state index contributed by atoms with van der Waals surface area (Å²) in [6.45, 7) is 1.97. The van der Waals surface area contributed by atoms with Crippen LogP contribution in [0, 0.1) is 0 Å². The van der Waals surface area contributed by atoms with Gasteiger partial charge in [0.2, 0.25) is 5.88 Å². The van der Waals surface area contributed by atoms with Gasteiger partial charge in [-0.2, -0.15) is 0 Å². The molecule has 0 amide bonds. The van der Waals surface area contributed by atoms with E-state index in [2.05, 4.69) is 11.6 Å². The average molecular weight is 329 g/mol. The Morgan fingerprint density at radius 3 is 2.43 bits per heavy atom. The van der Waals surface area contributed by atoms with Crippen LogP contribution in [0.5, 0.6) is 0 Å². The van der Waals surface area contributed by atoms with Gasteiger partial charge in [0.05, 0.1) is 11.4 Å². The van der Waals surface area contributed by atoms with Gasteiger partial charge in [-0.1, -0.05) is 29.8 Å². The molecule has 1 radical (unpaired) electrons. The van der Waals surface area contributed by atoms with Crippen LogP contribution in [0.2, 0.25) is 5.02 Å². The Morgan fingerprint density at radius 1 is 1.00 bits per heavy atom. The van der Waals surface area contributed by atoms with E-state index in [1.54, 1.807) is 17.1 Å². The lowest BCUT2D eigenvalue weighted by Crippen LogP contribution is -2.36. The molecule has 2 aromatic rings. The molecule has 0 aliphatic carbocycles. The molecule has 4 rings (SSSR count). The van der Waals surface area contributed by atoms with Gasteiger partial charge in [-0.15, -0.1) is 0 Å². The number of aliphatic hydroxyl groups excluding tert-OH is 1. The third-order valence-corrected chi connectivity index (χ3v) is 4.04. The number of benzene rings is 2. The lowest BCUT2D eigenvalue weighted by molar-refractivity contribution is 0.387. The van der Waals surface area contributed by atoms with Crippen molar-refractivity contribution in [2.45, 2.75) is 6.92 Å². The quantitative estimate of drug-likeness (QED) is 0.871. The highest BCUT2D eigenvalue weighted by Crippen LogP contribution is 2.40. The maximum absolute atomic E-state index is 10.6. The third-order valence-electron chi connectivity index (χ3n) is 3.78. The van der Waals surface area contributed by atoms with Crippen LogP contribution in [-0.4, -0.2) is 10.6 Å². The second kappa shape index (κ2) is 5.62. The molecular formula is C17H15ClN3O2. The first-order valence-corrected chi connectivity index (χ1v) is 7.31. The predicted octanol–water partition coefficient (Wildman–Crippen LogP) is 3.42. The number of hydrogen-bond acceptors (Lipinski definition) is 3. The van der Waals surface area contributed by atoms with Crippen molar-refractivity contribution in [3.8, 4) is 0 Å². The van der Waals surface area contributed by atoms with Gasteiger partial charge in [-0.25, -0.2) is 10.0 Å². The van der Waals surface area contributed by atoms with Crippen LogP contribution in [0.4, 0.5) is 11.4 Å². The summed E-state index contributed by atoms with van der Waals surface area (Å²) in [6.07, 6.45) is 2.05. The lowest BCUT2D eigenvalue weighted by Gasteiger charge is -2.26. The summed E-state index contributed by atoms with van der Waals surface area (Å²) in [7, 11) is 0. The van der Waals surface area contributed by atoms with Gasteiger partial charge < -0.3 is 10.6 Å². The molecule has 3 N–H and O–H groups in total. The van der Waals surface area contributed by atoms with E-state index >= 15 is 0 Å². The third kappa shape index (κ3) is 2.35. The van der Waals surface area contributed by atoms with Crippen molar-refractivity contribution < 1.29 is 10.6 Å². The maximum Gasteiger partial charge on any atom is 0.235 e. The first-order valence-electron chi connectivity index (χ1n) is 6.93. The minimum atomic E-state index is 0. The average Bonchev–Trinajstić information content (AvgIpc) is 2.87. The summed E-state index contributed by atoms with van der Waals surface area (Å²) in [5.74, 6) is 0.116. The van der Waals surface area contributed by atoms with E-state index in [1.807, 2.05) is 43.3 Å². The number of rotatable bonds is 1. The first-order chi connectivity index (χ1) is 10.6. The molecule has 0 fully saturated rings. The van der Waals surface area contributed by atoms with Crippen molar-refractivity contribution in [1.29, 1.82) is 0 Å². The zero-order chi connectivity index (χ0) is 15.3. The van der Waals surface area contributed by atoms with Gasteiger partial charge in [-0.3, -0.25) is 0 Å². The number of aliphatic hydroxyl groups is 1. The van der Waals surface area contributed by atoms with Crippen LogP contribution >= 0.6 is 11.6 Å². The molecule has 0 spiro atoms. The fourth-order valence-corrected chi connectivity index (χ4v) is 2.87. The molecule has 0 atom stereocenters. The number of fused-ring (bicyclic) bond motifs is 3. The molecule has 5 nitrogen and oxygen atoms in total. The monoisotopic (exact) mass is 328 g/mol. The molecule has 2 aliphatic heterocycles. The van der Waals surface area contributed by atoms with E-state index in [0.717, 1.165) is 22.5 Å². The zero-order valence-corrected chi connectivity index (χ0v) is 13.1. The van der Waals surface area contributed by atoms with Gasteiger partial charge in [0.1, 0.15) is 5.70 Å².